The van der Waals surface area contributed by atoms with Crippen molar-refractivity contribution in [2.24, 2.45) is 0 Å². The largest absolute Gasteiger partial charge is 0.349 e. The number of nitrogens with zero attached hydrogens (tertiary/aromatic N) is 3. The van der Waals surface area contributed by atoms with Crippen LogP contribution in [0.15, 0.2) is 18.3 Å². The third-order valence-corrected chi connectivity index (χ3v) is 4.27. The molecule has 0 unspecified atom stereocenters. The number of fused-ring (bicyclic) bond motifs is 1. The van der Waals surface area contributed by atoms with Crippen LogP contribution in [0.5, 0.6) is 0 Å². The van der Waals surface area contributed by atoms with Crippen molar-refractivity contribution < 1.29 is 4.79 Å². The summed E-state index contributed by atoms with van der Waals surface area (Å²) in [6, 6.07) is 4.08. The Labute approximate surface area is 123 Å². The zero-order chi connectivity index (χ0) is 14.4. The van der Waals surface area contributed by atoms with Gasteiger partial charge in [-0.3, -0.25) is 4.79 Å². The Bertz CT molecular complexity index is 698. The number of nitrogens with one attached hydrogen (secondary N) is 1. The summed E-state index contributed by atoms with van der Waals surface area (Å²) in [4.78, 5) is 16.4. The Balaban J connectivity index is 1.61. The molecule has 5 heteroatoms. The van der Waals surface area contributed by atoms with Gasteiger partial charge in [-0.15, -0.1) is 0 Å². The average Bonchev–Trinajstić information content (AvgIpc) is 3.07. The molecule has 2 aromatic heterocycles. The predicted octanol–water partition coefficient (Wildman–Crippen LogP) is 1.96. The van der Waals surface area contributed by atoms with E-state index in [4.69, 9.17) is 0 Å². The fourth-order valence-electron chi connectivity index (χ4n) is 2.95. The molecule has 2 aromatic rings. The second kappa shape index (κ2) is 4.69. The van der Waals surface area contributed by atoms with Gasteiger partial charge in [0.05, 0.1) is 11.3 Å². The van der Waals surface area contributed by atoms with Crippen LogP contribution >= 0.6 is 0 Å². The molecule has 0 aromatic carbocycles. The zero-order valence-electron chi connectivity index (χ0n) is 12.1. The molecule has 108 valence electrons. The van der Waals surface area contributed by atoms with Gasteiger partial charge in [0.25, 0.3) is 5.91 Å². The van der Waals surface area contributed by atoms with E-state index in [1.807, 2.05) is 16.8 Å². The van der Waals surface area contributed by atoms with Gasteiger partial charge in [0.2, 0.25) is 0 Å². The quantitative estimate of drug-likeness (QED) is 0.936. The van der Waals surface area contributed by atoms with Crippen LogP contribution in [0.1, 0.15) is 46.6 Å². The first-order chi connectivity index (χ1) is 10.2. The second-order valence-corrected chi connectivity index (χ2v) is 5.93. The Hall–Kier alpha value is -2.17. The summed E-state index contributed by atoms with van der Waals surface area (Å²) in [5.74, 6) is 0.766. The number of hydrogen-bond acceptors (Lipinski definition) is 3. The first-order valence-electron chi connectivity index (χ1n) is 7.57. The highest BCUT2D eigenvalue weighted by molar-refractivity contribution is 5.94. The van der Waals surface area contributed by atoms with Gasteiger partial charge >= 0.3 is 0 Å². The van der Waals surface area contributed by atoms with E-state index < -0.39 is 0 Å². The molecular formula is C16H18N4O. The normalized spacial score (nSPS) is 16.8. The number of carbonyl (C=O) groups excluding carboxylic acids is 1. The molecule has 1 amide bonds. The minimum atomic E-state index is -0.0292. The number of amides is 1. The molecule has 21 heavy (non-hydrogen) atoms. The highest BCUT2D eigenvalue weighted by atomic mass is 16.1. The van der Waals surface area contributed by atoms with Gasteiger partial charge in [0.1, 0.15) is 0 Å². The van der Waals surface area contributed by atoms with Crippen molar-refractivity contribution in [3.05, 3.63) is 40.8 Å². The molecule has 0 aliphatic heterocycles. The fourth-order valence-corrected chi connectivity index (χ4v) is 2.95. The third kappa shape index (κ3) is 2.22. The smallest absolute Gasteiger partial charge is 0.253 e. The molecule has 0 bridgehead atoms. The zero-order valence-corrected chi connectivity index (χ0v) is 12.1. The minimum Gasteiger partial charge on any atom is -0.349 e. The van der Waals surface area contributed by atoms with E-state index in [2.05, 4.69) is 22.3 Å². The van der Waals surface area contributed by atoms with E-state index in [0.717, 1.165) is 37.2 Å². The van der Waals surface area contributed by atoms with Gasteiger partial charge in [-0.25, -0.2) is 9.67 Å². The van der Waals surface area contributed by atoms with E-state index >= 15 is 0 Å². The molecule has 0 atom stereocenters. The molecule has 2 aliphatic rings. The summed E-state index contributed by atoms with van der Waals surface area (Å²) >= 11 is 0. The van der Waals surface area contributed by atoms with Crippen molar-refractivity contribution in [1.29, 1.82) is 0 Å². The van der Waals surface area contributed by atoms with E-state index in [9.17, 15) is 4.79 Å². The SMILES string of the molecule is Cc1nn(-c2ccc(C(=O)NC3CC3)cn2)c2c1CCC2. The van der Waals surface area contributed by atoms with Crippen molar-refractivity contribution >= 4 is 5.91 Å². The number of rotatable bonds is 3. The summed E-state index contributed by atoms with van der Waals surface area (Å²) in [6.07, 6.45) is 7.19. The van der Waals surface area contributed by atoms with Crippen molar-refractivity contribution in [1.82, 2.24) is 20.1 Å². The lowest BCUT2D eigenvalue weighted by Gasteiger charge is -2.06. The lowest BCUT2D eigenvalue weighted by Crippen LogP contribution is -2.25. The van der Waals surface area contributed by atoms with Crippen LogP contribution < -0.4 is 5.32 Å². The molecule has 5 nitrogen and oxygen atoms in total. The van der Waals surface area contributed by atoms with Crippen molar-refractivity contribution in [3.8, 4) is 5.82 Å². The maximum Gasteiger partial charge on any atom is 0.253 e. The lowest BCUT2D eigenvalue weighted by atomic mass is 10.2. The van der Waals surface area contributed by atoms with E-state index in [1.165, 1.54) is 17.7 Å². The number of pyridine rings is 1. The third-order valence-electron chi connectivity index (χ3n) is 4.27. The summed E-state index contributed by atoms with van der Waals surface area (Å²) < 4.78 is 1.93. The van der Waals surface area contributed by atoms with Crippen LogP contribution in [0, 0.1) is 6.92 Å². The van der Waals surface area contributed by atoms with Gasteiger partial charge in [-0.2, -0.15) is 5.10 Å². The standard InChI is InChI=1S/C16H18N4O/c1-10-13-3-2-4-14(13)20(19-10)15-8-5-11(9-17-15)16(21)18-12-6-7-12/h5,8-9,12H,2-4,6-7H2,1H3,(H,18,21). The highest BCUT2D eigenvalue weighted by Crippen LogP contribution is 2.26. The molecular weight excluding hydrogens is 264 g/mol. The number of aryl methyl sites for hydroxylation is 1. The van der Waals surface area contributed by atoms with E-state index in [-0.39, 0.29) is 5.91 Å². The van der Waals surface area contributed by atoms with Crippen LogP contribution in [0.2, 0.25) is 0 Å². The van der Waals surface area contributed by atoms with Crippen molar-refractivity contribution in [2.45, 2.75) is 45.1 Å². The van der Waals surface area contributed by atoms with Gasteiger partial charge in [0, 0.05) is 17.9 Å². The minimum absolute atomic E-state index is 0.0292. The molecule has 1 N–H and O–H groups in total. The summed E-state index contributed by atoms with van der Waals surface area (Å²) in [5, 5.41) is 7.56. The summed E-state index contributed by atoms with van der Waals surface area (Å²) in [7, 11) is 0. The van der Waals surface area contributed by atoms with Gasteiger partial charge in [-0.1, -0.05) is 0 Å². The monoisotopic (exact) mass is 282 g/mol. The predicted molar refractivity (Wildman–Crippen MR) is 78.6 cm³/mol. The van der Waals surface area contributed by atoms with Crippen LogP contribution in [0.4, 0.5) is 0 Å². The lowest BCUT2D eigenvalue weighted by molar-refractivity contribution is 0.0950. The first kappa shape index (κ1) is 12.6. The van der Waals surface area contributed by atoms with Gasteiger partial charge in [0.15, 0.2) is 5.82 Å². The molecule has 4 rings (SSSR count). The van der Waals surface area contributed by atoms with Crippen molar-refractivity contribution in [3.63, 3.8) is 0 Å². The topological polar surface area (TPSA) is 59.8 Å². The maximum absolute atomic E-state index is 12.0. The number of carbonyl (C=O) groups is 1. The molecule has 2 aliphatic carbocycles. The van der Waals surface area contributed by atoms with Gasteiger partial charge in [-0.05, 0) is 56.7 Å². The molecule has 0 spiro atoms. The Morgan fingerprint density at radius 2 is 2.19 bits per heavy atom. The molecule has 0 saturated heterocycles. The Morgan fingerprint density at radius 1 is 1.33 bits per heavy atom. The molecule has 0 radical (unpaired) electrons. The van der Waals surface area contributed by atoms with E-state index in [0.29, 0.717) is 11.6 Å². The van der Waals surface area contributed by atoms with Crippen LogP contribution in [-0.4, -0.2) is 26.7 Å². The maximum atomic E-state index is 12.0. The average molecular weight is 282 g/mol. The summed E-state index contributed by atoms with van der Waals surface area (Å²) in [5.41, 5.74) is 4.36. The molecule has 1 saturated carbocycles. The highest BCUT2D eigenvalue weighted by Gasteiger charge is 2.24. The second-order valence-electron chi connectivity index (χ2n) is 5.93. The Morgan fingerprint density at radius 3 is 2.90 bits per heavy atom. The summed E-state index contributed by atoms with van der Waals surface area (Å²) in [6.45, 7) is 2.05. The number of hydrogen-bond donors (Lipinski definition) is 1. The number of aromatic nitrogens is 3. The van der Waals surface area contributed by atoms with Crippen LogP contribution in [-0.2, 0) is 12.8 Å². The molecule has 1 fully saturated rings. The van der Waals surface area contributed by atoms with Crippen LogP contribution in [0.25, 0.3) is 5.82 Å². The van der Waals surface area contributed by atoms with E-state index in [1.54, 1.807) is 6.20 Å². The van der Waals surface area contributed by atoms with Gasteiger partial charge < -0.3 is 5.32 Å². The Kier molecular flexibility index (Phi) is 2.80. The first-order valence-corrected chi connectivity index (χ1v) is 7.57. The fraction of sp³-hybridized carbons (Fsp3) is 0.438. The van der Waals surface area contributed by atoms with Crippen LogP contribution in [0.3, 0.4) is 0 Å². The molecule has 2 heterocycles. The van der Waals surface area contributed by atoms with Crippen molar-refractivity contribution in [2.75, 3.05) is 0 Å².